The Morgan fingerprint density at radius 2 is 2.00 bits per heavy atom. The number of fused-ring (bicyclic) bond motifs is 1. The van der Waals surface area contributed by atoms with Crippen molar-refractivity contribution in [2.75, 3.05) is 11.4 Å². The Morgan fingerprint density at radius 3 is 2.71 bits per heavy atom. The van der Waals surface area contributed by atoms with Gasteiger partial charge in [0.1, 0.15) is 0 Å². The summed E-state index contributed by atoms with van der Waals surface area (Å²) in [5.41, 5.74) is 2.50. The minimum atomic E-state index is -0.692. The van der Waals surface area contributed by atoms with Gasteiger partial charge >= 0.3 is 5.97 Å². The topological polar surface area (TPSA) is 40.5 Å². The average molecular weight is 287 g/mol. The molecule has 0 radical (unpaired) electrons. The Labute approximate surface area is 127 Å². The fraction of sp³-hybridized carbons (Fsp3) is 0.611. The number of aliphatic carboxylic acids is 1. The Kier molecular flexibility index (Phi) is 3.92. The molecule has 1 aliphatic heterocycles. The largest absolute Gasteiger partial charge is 0.481 e. The Bertz CT molecular complexity index is 528. The zero-order valence-electron chi connectivity index (χ0n) is 13.0. The van der Waals surface area contributed by atoms with Crippen LogP contribution in [0.25, 0.3) is 0 Å². The third-order valence-corrected chi connectivity index (χ3v) is 5.54. The lowest BCUT2D eigenvalue weighted by molar-refractivity contribution is -0.137. The van der Waals surface area contributed by atoms with Crippen molar-refractivity contribution in [2.24, 2.45) is 11.8 Å². The molecular formula is C18H25NO2. The highest BCUT2D eigenvalue weighted by atomic mass is 16.4. The summed E-state index contributed by atoms with van der Waals surface area (Å²) in [6, 6.07) is 8.96. The fourth-order valence-corrected chi connectivity index (χ4v) is 4.06. The van der Waals surface area contributed by atoms with Gasteiger partial charge in [-0.1, -0.05) is 32.0 Å². The summed E-state index contributed by atoms with van der Waals surface area (Å²) in [6.07, 6.45) is 4.00. The second-order valence-electron chi connectivity index (χ2n) is 6.93. The summed E-state index contributed by atoms with van der Waals surface area (Å²) in [5, 5.41) is 9.15. The first-order chi connectivity index (χ1) is 10.1. The van der Waals surface area contributed by atoms with Crippen molar-refractivity contribution >= 4 is 11.7 Å². The summed E-state index contributed by atoms with van der Waals surface area (Å²) >= 11 is 0. The van der Waals surface area contributed by atoms with E-state index in [-0.39, 0.29) is 12.3 Å². The van der Waals surface area contributed by atoms with Crippen molar-refractivity contribution in [2.45, 2.75) is 51.5 Å². The molecule has 2 aliphatic rings. The van der Waals surface area contributed by atoms with Crippen molar-refractivity contribution in [1.82, 2.24) is 0 Å². The first kappa shape index (κ1) is 14.4. The smallest absolute Gasteiger partial charge is 0.304 e. The summed E-state index contributed by atoms with van der Waals surface area (Å²) in [7, 11) is 0. The second kappa shape index (κ2) is 5.70. The number of carboxylic acids is 1. The lowest BCUT2D eigenvalue weighted by Gasteiger charge is -2.39. The molecule has 1 aromatic rings. The molecule has 4 atom stereocenters. The molecule has 3 heteroatoms. The quantitative estimate of drug-likeness (QED) is 0.917. The van der Waals surface area contributed by atoms with Gasteiger partial charge in [0.15, 0.2) is 0 Å². The SMILES string of the molecule is CC1CCC(N2CC(CC(=O)O)c3ccccc32)CC1C. The van der Waals surface area contributed by atoms with Gasteiger partial charge in [-0.05, 0) is 42.7 Å². The molecule has 1 fully saturated rings. The van der Waals surface area contributed by atoms with E-state index in [4.69, 9.17) is 5.11 Å². The number of hydrogen-bond acceptors (Lipinski definition) is 2. The minimum absolute atomic E-state index is 0.147. The fourth-order valence-electron chi connectivity index (χ4n) is 4.06. The molecule has 1 N–H and O–H groups in total. The van der Waals surface area contributed by atoms with Gasteiger partial charge in [-0.3, -0.25) is 4.79 Å². The zero-order valence-corrected chi connectivity index (χ0v) is 13.0. The molecule has 1 saturated carbocycles. The third kappa shape index (κ3) is 2.78. The van der Waals surface area contributed by atoms with Gasteiger partial charge < -0.3 is 10.0 Å². The van der Waals surface area contributed by atoms with Crippen LogP contribution in [0.15, 0.2) is 24.3 Å². The van der Waals surface area contributed by atoms with Crippen LogP contribution in [-0.2, 0) is 4.79 Å². The number of hydrogen-bond donors (Lipinski definition) is 1. The van der Waals surface area contributed by atoms with Crippen LogP contribution in [0.4, 0.5) is 5.69 Å². The van der Waals surface area contributed by atoms with Gasteiger partial charge in [0.2, 0.25) is 0 Å². The molecule has 21 heavy (non-hydrogen) atoms. The maximum absolute atomic E-state index is 11.1. The molecule has 0 amide bonds. The van der Waals surface area contributed by atoms with Crippen LogP contribution >= 0.6 is 0 Å². The zero-order chi connectivity index (χ0) is 15.0. The molecule has 114 valence electrons. The van der Waals surface area contributed by atoms with Crippen LogP contribution in [0.2, 0.25) is 0 Å². The predicted octanol–water partition coefficient (Wildman–Crippen LogP) is 3.89. The van der Waals surface area contributed by atoms with E-state index < -0.39 is 5.97 Å². The Hall–Kier alpha value is -1.51. The van der Waals surface area contributed by atoms with E-state index in [9.17, 15) is 4.79 Å². The molecule has 3 nitrogen and oxygen atoms in total. The monoisotopic (exact) mass is 287 g/mol. The summed E-state index contributed by atoms with van der Waals surface area (Å²) in [4.78, 5) is 13.6. The van der Waals surface area contributed by atoms with Crippen molar-refractivity contribution in [3.05, 3.63) is 29.8 Å². The normalized spacial score (nSPS) is 32.0. The highest BCUT2D eigenvalue weighted by Crippen LogP contribution is 2.43. The van der Waals surface area contributed by atoms with Crippen LogP contribution in [-0.4, -0.2) is 23.7 Å². The van der Waals surface area contributed by atoms with E-state index in [1.807, 2.05) is 6.07 Å². The molecule has 3 rings (SSSR count). The lowest BCUT2D eigenvalue weighted by atomic mass is 9.78. The number of rotatable bonds is 3. The van der Waals surface area contributed by atoms with E-state index in [0.29, 0.717) is 6.04 Å². The first-order valence-corrected chi connectivity index (χ1v) is 8.13. The third-order valence-electron chi connectivity index (χ3n) is 5.54. The molecular weight excluding hydrogens is 262 g/mol. The van der Waals surface area contributed by atoms with Crippen molar-refractivity contribution < 1.29 is 9.90 Å². The molecule has 1 aromatic carbocycles. The van der Waals surface area contributed by atoms with Gasteiger partial charge in [0.25, 0.3) is 0 Å². The minimum Gasteiger partial charge on any atom is -0.481 e. The summed E-state index contributed by atoms with van der Waals surface area (Å²) in [5.74, 6) is 1.03. The maximum atomic E-state index is 11.1. The molecule has 4 unspecified atom stereocenters. The van der Waals surface area contributed by atoms with E-state index in [0.717, 1.165) is 18.4 Å². The maximum Gasteiger partial charge on any atom is 0.304 e. The number of anilines is 1. The van der Waals surface area contributed by atoms with Gasteiger partial charge in [0, 0.05) is 24.2 Å². The van der Waals surface area contributed by atoms with Gasteiger partial charge in [-0.15, -0.1) is 0 Å². The Balaban J connectivity index is 1.82. The number of carbonyl (C=O) groups is 1. The number of para-hydroxylation sites is 1. The molecule has 0 spiro atoms. The van der Waals surface area contributed by atoms with Crippen LogP contribution < -0.4 is 4.90 Å². The van der Waals surface area contributed by atoms with Crippen molar-refractivity contribution in [3.8, 4) is 0 Å². The number of carboxylic acid groups (broad SMARTS) is 1. The van der Waals surface area contributed by atoms with Crippen molar-refractivity contribution in [1.29, 1.82) is 0 Å². The summed E-state index contributed by atoms with van der Waals surface area (Å²) < 4.78 is 0. The molecule has 0 aromatic heterocycles. The van der Waals surface area contributed by atoms with E-state index >= 15 is 0 Å². The van der Waals surface area contributed by atoms with Gasteiger partial charge in [0.05, 0.1) is 6.42 Å². The molecule has 0 saturated heterocycles. The average Bonchev–Trinajstić information content (AvgIpc) is 2.80. The highest BCUT2D eigenvalue weighted by Gasteiger charge is 2.36. The van der Waals surface area contributed by atoms with E-state index in [1.165, 1.54) is 30.5 Å². The predicted molar refractivity (Wildman–Crippen MR) is 84.7 cm³/mol. The van der Waals surface area contributed by atoms with Crippen LogP contribution in [0.5, 0.6) is 0 Å². The van der Waals surface area contributed by atoms with Crippen molar-refractivity contribution in [3.63, 3.8) is 0 Å². The first-order valence-electron chi connectivity index (χ1n) is 8.13. The molecule has 1 heterocycles. The highest BCUT2D eigenvalue weighted by molar-refractivity contribution is 5.71. The Morgan fingerprint density at radius 1 is 1.24 bits per heavy atom. The standard InChI is InChI=1S/C18H25NO2/c1-12-7-8-15(9-13(12)2)19-11-14(10-18(20)21)16-5-3-4-6-17(16)19/h3-6,12-15H,7-11H2,1-2H3,(H,20,21). The van der Waals surface area contributed by atoms with Crippen LogP contribution in [0.3, 0.4) is 0 Å². The number of benzene rings is 1. The van der Waals surface area contributed by atoms with Gasteiger partial charge in [-0.25, -0.2) is 0 Å². The van der Waals surface area contributed by atoms with E-state index in [2.05, 4.69) is 36.9 Å². The van der Waals surface area contributed by atoms with E-state index in [1.54, 1.807) is 0 Å². The van der Waals surface area contributed by atoms with Gasteiger partial charge in [-0.2, -0.15) is 0 Å². The molecule has 0 bridgehead atoms. The lowest BCUT2D eigenvalue weighted by Crippen LogP contribution is -2.39. The van der Waals surface area contributed by atoms with Crippen LogP contribution in [0, 0.1) is 11.8 Å². The molecule has 1 aliphatic carbocycles. The summed E-state index contributed by atoms with van der Waals surface area (Å²) in [6.45, 7) is 5.58. The van der Waals surface area contributed by atoms with Crippen LogP contribution in [0.1, 0.15) is 51.0 Å². The second-order valence-corrected chi connectivity index (χ2v) is 6.93. The number of nitrogens with zero attached hydrogens (tertiary/aromatic N) is 1.